The summed E-state index contributed by atoms with van der Waals surface area (Å²) in [4.78, 5) is 14.2. The lowest BCUT2D eigenvalue weighted by atomic mass is 10.2. The number of carbonyl (C=O) groups is 1. The smallest absolute Gasteiger partial charge is 0.270 e. The second-order valence-electron chi connectivity index (χ2n) is 5.02. The Morgan fingerprint density at radius 2 is 2.08 bits per heavy atom. The minimum atomic E-state index is -0.519. The van der Waals surface area contributed by atoms with Crippen molar-refractivity contribution in [3.63, 3.8) is 0 Å². The molecule has 0 radical (unpaired) electrons. The molecule has 2 aromatic carbocycles. The predicted octanol–water partition coefficient (Wildman–Crippen LogP) is 4.71. The van der Waals surface area contributed by atoms with Crippen LogP contribution in [-0.4, -0.2) is 22.4 Å². The number of hydrogen-bond donors (Lipinski definition) is 1. The molecule has 25 heavy (non-hydrogen) atoms. The van der Waals surface area contributed by atoms with Crippen LogP contribution in [0.3, 0.4) is 0 Å². The first-order chi connectivity index (χ1) is 11.9. The van der Waals surface area contributed by atoms with Crippen LogP contribution in [-0.2, 0) is 4.79 Å². The lowest BCUT2D eigenvalue weighted by molar-refractivity contribution is -0.113. The van der Waals surface area contributed by atoms with E-state index in [9.17, 15) is 14.3 Å². The highest BCUT2D eigenvalue weighted by Gasteiger charge is 2.34. The van der Waals surface area contributed by atoms with Crippen LogP contribution < -0.4 is 9.64 Å². The summed E-state index contributed by atoms with van der Waals surface area (Å²) in [6.07, 6.45) is 1.62. The zero-order chi connectivity index (χ0) is 18.1. The molecule has 1 saturated heterocycles. The van der Waals surface area contributed by atoms with Crippen molar-refractivity contribution in [1.82, 2.24) is 0 Å². The van der Waals surface area contributed by atoms with Gasteiger partial charge in [0.15, 0.2) is 15.8 Å². The maximum Gasteiger partial charge on any atom is 0.270 e. The Kier molecular flexibility index (Phi) is 5.12. The zero-order valence-corrected chi connectivity index (χ0v) is 16.0. The molecule has 4 nitrogen and oxygen atoms in total. The molecule has 0 spiro atoms. The van der Waals surface area contributed by atoms with E-state index in [0.717, 1.165) is 11.8 Å². The largest absolute Gasteiger partial charge is 0.503 e. The van der Waals surface area contributed by atoms with Crippen molar-refractivity contribution in [1.29, 1.82) is 0 Å². The van der Waals surface area contributed by atoms with Crippen molar-refractivity contribution < 1.29 is 19.0 Å². The van der Waals surface area contributed by atoms with Crippen LogP contribution in [0.4, 0.5) is 10.1 Å². The number of phenols is 1. The number of carbonyl (C=O) groups excluding carboxylic acids is 1. The number of rotatable bonds is 3. The van der Waals surface area contributed by atoms with Crippen LogP contribution in [0.5, 0.6) is 11.5 Å². The SMILES string of the molecule is COc1cc(/C=C2\SC(=S)N(c3ccccc3F)C2=O)cc(Br)c1O. The number of thiocarbonyl (C=S) groups is 1. The topological polar surface area (TPSA) is 49.8 Å². The van der Waals surface area contributed by atoms with Crippen LogP contribution in [0.25, 0.3) is 6.08 Å². The van der Waals surface area contributed by atoms with Crippen LogP contribution in [0.15, 0.2) is 45.8 Å². The fraction of sp³-hybridized carbons (Fsp3) is 0.0588. The molecule has 2 aromatic rings. The number of ether oxygens (including phenoxy) is 1. The highest BCUT2D eigenvalue weighted by Crippen LogP contribution is 2.39. The minimum Gasteiger partial charge on any atom is -0.503 e. The van der Waals surface area contributed by atoms with Gasteiger partial charge in [-0.3, -0.25) is 9.69 Å². The summed E-state index contributed by atoms with van der Waals surface area (Å²) >= 11 is 9.56. The molecule has 0 unspecified atom stereocenters. The number of anilines is 1. The molecule has 0 bridgehead atoms. The van der Waals surface area contributed by atoms with Gasteiger partial charge >= 0.3 is 0 Å². The van der Waals surface area contributed by atoms with E-state index in [1.165, 1.54) is 24.1 Å². The van der Waals surface area contributed by atoms with Gasteiger partial charge in [0.25, 0.3) is 5.91 Å². The molecule has 1 fully saturated rings. The maximum absolute atomic E-state index is 14.0. The van der Waals surface area contributed by atoms with E-state index in [4.69, 9.17) is 17.0 Å². The summed E-state index contributed by atoms with van der Waals surface area (Å²) in [5.74, 6) is -0.680. The predicted molar refractivity (Wildman–Crippen MR) is 104 cm³/mol. The number of aromatic hydroxyl groups is 1. The maximum atomic E-state index is 14.0. The number of phenolic OH excluding ortho intramolecular Hbond substituents is 1. The van der Waals surface area contributed by atoms with Crippen molar-refractivity contribution in [3.8, 4) is 11.5 Å². The second kappa shape index (κ2) is 7.15. The van der Waals surface area contributed by atoms with E-state index in [2.05, 4.69) is 15.9 Å². The molecule has 3 rings (SSSR count). The van der Waals surface area contributed by atoms with E-state index in [0.29, 0.717) is 14.9 Å². The van der Waals surface area contributed by atoms with Gasteiger partial charge < -0.3 is 9.84 Å². The Morgan fingerprint density at radius 3 is 2.76 bits per heavy atom. The molecular weight excluding hydrogens is 429 g/mol. The fourth-order valence-electron chi connectivity index (χ4n) is 2.29. The lowest BCUT2D eigenvalue weighted by Crippen LogP contribution is -2.28. The summed E-state index contributed by atoms with van der Waals surface area (Å²) in [6.45, 7) is 0. The quantitative estimate of drug-likeness (QED) is 0.554. The Labute approximate surface area is 161 Å². The van der Waals surface area contributed by atoms with Gasteiger partial charge in [-0.1, -0.05) is 36.1 Å². The lowest BCUT2D eigenvalue weighted by Gasteiger charge is -2.14. The van der Waals surface area contributed by atoms with Crippen molar-refractivity contribution in [2.24, 2.45) is 0 Å². The molecule has 128 valence electrons. The van der Waals surface area contributed by atoms with Crippen molar-refractivity contribution >= 4 is 61.9 Å². The first-order valence-corrected chi connectivity index (χ1v) is 9.03. The van der Waals surface area contributed by atoms with Crippen molar-refractivity contribution in [2.45, 2.75) is 0 Å². The summed E-state index contributed by atoms with van der Waals surface area (Å²) in [6, 6.07) is 9.21. The van der Waals surface area contributed by atoms with E-state index < -0.39 is 11.7 Å². The van der Waals surface area contributed by atoms with E-state index in [-0.39, 0.29) is 21.5 Å². The van der Waals surface area contributed by atoms with Crippen LogP contribution in [0.1, 0.15) is 5.56 Å². The molecule has 1 amide bonds. The summed E-state index contributed by atoms with van der Waals surface area (Å²) in [7, 11) is 1.43. The molecule has 0 aromatic heterocycles. The Morgan fingerprint density at radius 1 is 1.36 bits per heavy atom. The van der Waals surface area contributed by atoms with Crippen molar-refractivity contribution in [3.05, 3.63) is 57.2 Å². The fourth-order valence-corrected chi connectivity index (χ4v) is 4.04. The summed E-state index contributed by atoms with van der Waals surface area (Å²) < 4.78 is 19.8. The number of nitrogens with zero attached hydrogens (tertiary/aromatic N) is 1. The summed E-state index contributed by atoms with van der Waals surface area (Å²) in [5, 5.41) is 9.86. The van der Waals surface area contributed by atoms with Gasteiger partial charge in [-0.25, -0.2) is 4.39 Å². The van der Waals surface area contributed by atoms with Gasteiger partial charge in [-0.05, 0) is 51.8 Å². The third kappa shape index (κ3) is 3.42. The molecule has 8 heteroatoms. The monoisotopic (exact) mass is 439 g/mol. The van der Waals surface area contributed by atoms with E-state index in [1.807, 2.05) is 0 Å². The number of methoxy groups -OCH3 is 1. The van der Waals surface area contributed by atoms with Gasteiger partial charge in [0.2, 0.25) is 0 Å². The molecule has 1 N–H and O–H groups in total. The average molecular weight is 440 g/mol. The molecule has 0 aliphatic carbocycles. The third-order valence-corrected chi connectivity index (χ3v) is 5.36. The number of hydrogen-bond acceptors (Lipinski definition) is 5. The first kappa shape index (κ1) is 17.9. The first-order valence-electron chi connectivity index (χ1n) is 7.01. The molecule has 1 aliphatic heterocycles. The number of amides is 1. The van der Waals surface area contributed by atoms with E-state index >= 15 is 0 Å². The van der Waals surface area contributed by atoms with Crippen molar-refractivity contribution in [2.75, 3.05) is 12.0 Å². The Bertz CT molecular complexity index is 917. The van der Waals surface area contributed by atoms with Gasteiger partial charge in [0.05, 0.1) is 22.2 Å². The molecule has 0 atom stereocenters. The van der Waals surface area contributed by atoms with Crippen LogP contribution in [0, 0.1) is 5.82 Å². The van der Waals surface area contributed by atoms with Gasteiger partial charge in [0.1, 0.15) is 5.82 Å². The molecule has 1 aliphatic rings. The number of benzene rings is 2. The van der Waals surface area contributed by atoms with E-state index in [1.54, 1.807) is 30.3 Å². The van der Waals surface area contributed by atoms with Gasteiger partial charge in [-0.2, -0.15) is 0 Å². The van der Waals surface area contributed by atoms with Crippen LogP contribution >= 0.6 is 39.9 Å². The Hall–Kier alpha value is -1.90. The molecule has 0 saturated carbocycles. The highest BCUT2D eigenvalue weighted by molar-refractivity contribution is 9.10. The number of para-hydroxylation sites is 1. The summed E-state index contributed by atoms with van der Waals surface area (Å²) in [5.41, 5.74) is 0.758. The standard InChI is InChI=1S/C17H11BrFNO3S2/c1-23-13-7-9(6-10(18)15(13)21)8-14-16(22)20(17(24)25-14)12-5-3-2-4-11(12)19/h2-8,21H,1H3/b14-8-. The highest BCUT2D eigenvalue weighted by atomic mass is 79.9. The Balaban J connectivity index is 1.99. The normalized spacial score (nSPS) is 16.0. The average Bonchev–Trinajstić information content (AvgIpc) is 2.85. The third-order valence-electron chi connectivity index (χ3n) is 3.46. The second-order valence-corrected chi connectivity index (χ2v) is 7.55. The zero-order valence-electron chi connectivity index (χ0n) is 12.8. The van der Waals surface area contributed by atoms with Gasteiger partial charge in [0, 0.05) is 0 Å². The number of thioether (sulfide) groups is 1. The van der Waals surface area contributed by atoms with Crippen LogP contribution in [0.2, 0.25) is 0 Å². The molecular formula is C17H11BrFNO3S2. The molecule has 1 heterocycles. The minimum absolute atomic E-state index is 0.0291. The van der Waals surface area contributed by atoms with Gasteiger partial charge in [-0.15, -0.1) is 0 Å². The number of halogens is 2.